The fraction of sp³-hybridized carbons (Fsp3) is 0.900. The number of rotatable bonds is 17. The van der Waals surface area contributed by atoms with E-state index in [2.05, 4.69) is 6.92 Å². The minimum absolute atomic E-state index is 0.0287. The lowest BCUT2D eigenvalue weighted by Crippen LogP contribution is -2.34. The summed E-state index contributed by atoms with van der Waals surface area (Å²) in [6, 6.07) is 0. The van der Waals surface area contributed by atoms with Crippen molar-refractivity contribution >= 4 is 22.1 Å². The number of unbranched alkanes of at least 4 members (excludes halogenated alkanes) is 9. The Morgan fingerprint density at radius 3 is 1.62 bits per heavy atom. The van der Waals surface area contributed by atoms with Crippen LogP contribution in [-0.2, 0) is 29.2 Å². The van der Waals surface area contributed by atoms with E-state index in [0.717, 1.165) is 32.5 Å². The van der Waals surface area contributed by atoms with Gasteiger partial charge in [0.25, 0.3) is 10.1 Å². The summed E-state index contributed by atoms with van der Waals surface area (Å²) in [7, 11) is -4.78. The Balaban J connectivity index is 0. The van der Waals surface area contributed by atoms with Gasteiger partial charge in [-0.05, 0) is 20.3 Å². The highest BCUT2D eigenvalue weighted by Gasteiger charge is 2.34. The average molecular weight is 441 g/mol. The van der Waals surface area contributed by atoms with Gasteiger partial charge in [-0.2, -0.15) is 8.42 Å². The Labute approximate surface area is 176 Å². The number of hydrogen-bond acceptors (Lipinski definition) is 6. The summed E-state index contributed by atoms with van der Waals surface area (Å²) >= 11 is 0. The zero-order valence-corrected chi connectivity index (χ0v) is 19.0. The molecule has 0 saturated heterocycles. The molecule has 2 N–H and O–H groups in total. The summed E-state index contributed by atoms with van der Waals surface area (Å²) < 4.78 is 40.5. The van der Waals surface area contributed by atoms with Gasteiger partial charge in [0.1, 0.15) is 0 Å². The van der Waals surface area contributed by atoms with Crippen molar-refractivity contribution in [3.8, 4) is 0 Å². The Morgan fingerprint density at radius 2 is 1.28 bits per heavy atom. The van der Waals surface area contributed by atoms with Gasteiger partial charge in [0, 0.05) is 13.2 Å². The molecule has 0 fully saturated rings. The zero-order valence-electron chi connectivity index (χ0n) is 18.2. The highest BCUT2D eigenvalue weighted by atomic mass is 32.2. The lowest BCUT2D eigenvalue weighted by molar-refractivity contribution is -0.147. The second-order valence-corrected chi connectivity index (χ2v) is 8.33. The monoisotopic (exact) mass is 440 g/mol. The largest absolute Gasteiger partial charge is 0.481 e. The lowest BCUT2D eigenvalue weighted by Gasteiger charge is -2.11. The van der Waals surface area contributed by atoms with Gasteiger partial charge in [0.15, 0.2) is 5.25 Å². The first-order chi connectivity index (χ1) is 13.7. The van der Waals surface area contributed by atoms with Crippen LogP contribution in [-0.4, -0.2) is 55.1 Å². The maximum Gasteiger partial charge on any atom is 0.327 e. The third-order valence-electron chi connectivity index (χ3n) is 4.13. The van der Waals surface area contributed by atoms with E-state index in [1.165, 1.54) is 38.5 Å². The molecule has 0 spiro atoms. The van der Waals surface area contributed by atoms with Gasteiger partial charge in [0.2, 0.25) is 0 Å². The smallest absolute Gasteiger partial charge is 0.327 e. The van der Waals surface area contributed by atoms with Crippen molar-refractivity contribution in [2.75, 3.05) is 19.8 Å². The van der Waals surface area contributed by atoms with Crippen molar-refractivity contribution in [1.82, 2.24) is 0 Å². The van der Waals surface area contributed by atoms with Gasteiger partial charge in [-0.15, -0.1) is 0 Å². The summed E-state index contributed by atoms with van der Waals surface area (Å²) in [6.07, 6.45) is 10.1. The number of aliphatic carboxylic acids is 1. The van der Waals surface area contributed by atoms with Crippen LogP contribution >= 0.6 is 0 Å². The van der Waals surface area contributed by atoms with E-state index in [-0.39, 0.29) is 6.61 Å². The lowest BCUT2D eigenvalue weighted by atomic mass is 10.1. The van der Waals surface area contributed by atoms with Crippen LogP contribution in [0.2, 0.25) is 0 Å². The maximum atomic E-state index is 11.6. The molecular weight excluding hydrogens is 400 g/mol. The molecule has 8 nitrogen and oxygen atoms in total. The Hall–Kier alpha value is -1.19. The highest BCUT2D eigenvalue weighted by Crippen LogP contribution is 2.11. The molecule has 0 aromatic rings. The number of carboxylic acids is 1. The molecule has 0 aliphatic carbocycles. The number of esters is 1. The first-order valence-electron chi connectivity index (χ1n) is 10.6. The number of hydrogen-bond donors (Lipinski definition) is 2. The quantitative estimate of drug-likeness (QED) is 0.195. The summed E-state index contributed by atoms with van der Waals surface area (Å²) in [5, 5.41) is 6.52. The number of ether oxygens (including phenoxy) is 2. The molecule has 0 heterocycles. The van der Waals surface area contributed by atoms with E-state index in [0.29, 0.717) is 6.42 Å². The number of carbonyl (C=O) groups is 2. The molecule has 174 valence electrons. The maximum absolute atomic E-state index is 11.6. The minimum Gasteiger partial charge on any atom is -0.481 e. The molecule has 0 aromatic heterocycles. The summed E-state index contributed by atoms with van der Waals surface area (Å²) in [5.74, 6) is -2.70. The van der Waals surface area contributed by atoms with Gasteiger partial charge in [-0.25, -0.2) is 0 Å². The van der Waals surface area contributed by atoms with E-state index < -0.39 is 33.7 Å². The third kappa shape index (κ3) is 21.3. The molecule has 1 unspecified atom stereocenters. The van der Waals surface area contributed by atoms with E-state index >= 15 is 0 Å². The van der Waals surface area contributed by atoms with Gasteiger partial charge >= 0.3 is 11.9 Å². The van der Waals surface area contributed by atoms with E-state index in [1.54, 1.807) is 0 Å². The third-order valence-corrected chi connectivity index (χ3v) is 5.21. The summed E-state index contributed by atoms with van der Waals surface area (Å²) in [4.78, 5) is 22.1. The van der Waals surface area contributed by atoms with Crippen LogP contribution in [0.25, 0.3) is 0 Å². The first kappa shape index (κ1) is 30.0. The van der Waals surface area contributed by atoms with Crippen LogP contribution in [0.15, 0.2) is 0 Å². The summed E-state index contributed by atoms with van der Waals surface area (Å²) in [5.41, 5.74) is 0. The molecule has 0 amide bonds. The fourth-order valence-corrected chi connectivity index (χ4v) is 3.19. The number of carboxylic acid groups (broad SMARTS) is 1. The second kappa shape index (κ2) is 20.1. The predicted octanol–water partition coefficient (Wildman–Crippen LogP) is 4.22. The van der Waals surface area contributed by atoms with Gasteiger partial charge in [-0.3, -0.25) is 14.1 Å². The van der Waals surface area contributed by atoms with Crippen molar-refractivity contribution in [2.45, 2.75) is 96.7 Å². The average Bonchev–Trinajstić information content (AvgIpc) is 2.64. The van der Waals surface area contributed by atoms with Crippen molar-refractivity contribution in [3.63, 3.8) is 0 Å². The molecular formula is C20H40O8S. The predicted molar refractivity (Wildman–Crippen MR) is 113 cm³/mol. The molecule has 29 heavy (non-hydrogen) atoms. The molecule has 0 aliphatic heterocycles. The molecule has 0 aliphatic rings. The Kier molecular flexibility index (Phi) is 20.8. The zero-order chi connectivity index (χ0) is 22.5. The topological polar surface area (TPSA) is 127 Å². The molecule has 0 saturated carbocycles. The van der Waals surface area contributed by atoms with Crippen LogP contribution in [0.3, 0.4) is 0 Å². The van der Waals surface area contributed by atoms with Gasteiger partial charge < -0.3 is 14.6 Å². The molecule has 0 rings (SSSR count). The Morgan fingerprint density at radius 1 is 0.828 bits per heavy atom. The van der Waals surface area contributed by atoms with Crippen molar-refractivity contribution < 1.29 is 37.1 Å². The van der Waals surface area contributed by atoms with Crippen LogP contribution in [0.4, 0.5) is 0 Å². The van der Waals surface area contributed by atoms with Crippen LogP contribution in [0.1, 0.15) is 91.4 Å². The standard InChI is InChI=1S/C16H30O7S.C4H10O/c1-2-3-4-5-6-7-8-9-10-11-12-23-16(19)14(13-15(17)18)24(20,21)22;1-3-5-4-2/h14H,2-13H2,1H3,(H,17,18)(H,20,21,22);3-4H2,1-2H3. The van der Waals surface area contributed by atoms with Gasteiger partial charge in [-0.1, -0.05) is 64.7 Å². The SMILES string of the molecule is CCCCCCCCCCCCOC(=O)C(CC(=O)O)S(=O)(=O)O.CCOCC. The van der Waals surface area contributed by atoms with Crippen LogP contribution in [0, 0.1) is 0 Å². The normalized spacial score (nSPS) is 12.0. The first-order valence-corrected chi connectivity index (χ1v) is 12.1. The minimum atomic E-state index is -4.78. The molecule has 0 bridgehead atoms. The van der Waals surface area contributed by atoms with E-state index in [1.807, 2.05) is 13.8 Å². The molecule has 0 radical (unpaired) electrons. The fourth-order valence-electron chi connectivity index (χ4n) is 2.53. The van der Waals surface area contributed by atoms with E-state index in [4.69, 9.17) is 19.1 Å². The van der Waals surface area contributed by atoms with E-state index in [9.17, 15) is 18.0 Å². The number of carbonyl (C=O) groups excluding carboxylic acids is 1. The Bertz CT molecular complexity index is 503. The van der Waals surface area contributed by atoms with Crippen molar-refractivity contribution in [1.29, 1.82) is 0 Å². The van der Waals surface area contributed by atoms with Crippen LogP contribution < -0.4 is 0 Å². The molecule has 1 atom stereocenters. The highest BCUT2D eigenvalue weighted by molar-refractivity contribution is 7.87. The molecule has 9 heteroatoms. The molecule has 0 aromatic carbocycles. The van der Waals surface area contributed by atoms with Crippen LogP contribution in [0.5, 0.6) is 0 Å². The van der Waals surface area contributed by atoms with Crippen molar-refractivity contribution in [2.24, 2.45) is 0 Å². The van der Waals surface area contributed by atoms with Crippen molar-refractivity contribution in [3.05, 3.63) is 0 Å². The second-order valence-electron chi connectivity index (χ2n) is 6.73. The van der Waals surface area contributed by atoms with Gasteiger partial charge in [0.05, 0.1) is 13.0 Å². The summed E-state index contributed by atoms with van der Waals surface area (Å²) in [6.45, 7) is 7.88.